The summed E-state index contributed by atoms with van der Waals surface area (Å²) >= 11 is 0. The number of phenolic OH excluding ortho intramolecular Hbond substituents is 1. The Morgan fingerprint density at radius 2 is 2.07 bits per heavy atom. The van der Waals surface area contributed by atoms with E-state index in [1.807, 2.05) is 0 Å². The number of benzene rings is 1. The molecule has 0 aliphatic carbocycles. The van der Waals surface area contributed by atoms with Gasteiger partial charge in [-0.25, -0.2) is 0 Å². The molecule has 0 spiro atoms. The second-order valence-corrected chi connectivity index (χ2v) is 3.07. The first-order valence-electron chi connectivity index (χ1n) is 4.39. The van der Waals surface area contributed by atoms with Gasteiger partial charge in [-0.15, -0.1) is 0 Å². The average Bonchev–Trinajstić information content (AvgIpc) is 2.69. The standard InChI is InChI=1S/C9H9NO5/c11-6-1-2-8(10(12)13)7(5-6)9-14-3-4-15-9/h1-2,5,9,11H,3-4H2. The fraction of sp³-hybridized carbons (Fsp3) is 0.333. The van der Waals surface area contributed by atoms with Crippen LogP contribution in [-0.2, 0) is 9.47 Å². The zero-order chi connectivity index (χ0) is 10.8. The highest BCUT2D eigenvalue weighted by molar-refractivity contribution is 5.45. The Morgan fingerprint density at radius 1 is 1.40 bits per heavy atom. The summed E-state index contributed by atoms with van der Waals surface area (Å²) in [6.45, 7) is 0.801. The van der Waals surface area contributed by atoms with Crippen LogP contribution >= 0.6 is 0 Å². The molecule has 0 atom stereocenters. The van der Waals surface area contributed by atoms with E-state index in [9.17, 15) is 15.2 Å². The Hall–Kier alpha value is -1.66. The lowest BCUT2D eigenvalue weighted by Crippen LogP contribution is -2.02. The number of nitrogens with zero attached hydrogens (tertiary/aromatic N) is 1. The number of aromatic hydroxyl groups is 1. The zero-order valence-corrected chi connectivity index (χ0v) is 7.75. The largest absolute Gasteiger partial charge is 0.508 e. The SMILES string of the molecule is O=[N+]([O-])c1ccc(O)cc1C1OCCO1. The van der Waals surface area contributed by atoms with Gasteiger partial charge in [0.15, 0.2) is 6.29 Å². The van der Waals surface area contributed by atoms with Gasteiger partial charge in [0, 0.05) is 6.07 Å². The first kappa shape index (κ1) is 9.88. The molecule has 1 N–H and O–H groups in total. The van der Waals surface area contributed by atoms with Crippen LogP contribution in [0.5, 0.6) is 5.75 Å². The quantitative estimate of drug-likeness (QED) is 0.589. The molecule has 1 saturated heterocycles. The Labute approximate surface area is 85.2 Å². The summed E-state index contributed by atoms with van der Waals surface area (Å²) < 4.78 is 10.3. The van der Waals surface area contributed by atoms with Crippen molar-refractivity contribution in [2.45, 2.75) is 6.29 Å². The zero-order valence-electron chi connectivity index (χ0n) is 7.75. The lowest BCUT2D eigenvalue weighted by molar-refractivity contribution is -0.386. The van der Waals surface area contributed by atoms with Crippen molar-refractivity contribution in [3.05, 3.63) is 33.9 Å². The van der Waals surface area contributed by atoms with Crippen LogP contribution in [0.4, 0.5) is 5.69 Å². The Kier molecular flexibility index (Phi) is 2.53. The van der Waals surface area contributed by atoms with Gasteiger partial charge >= 0.3 is 0 Å². The van der Waals surface area contributed by atoms with E-state index < -0.39 is 11.2 Å². The van der Waals surface area contributed by atoms with E-state index in [2.05, 4.69) is 0 Å². The fourth-order valence-electron chi connectivity index (χ4n) is 1.43. The third kappa shape index (κ3) is 1.90. The molecule has 1 aromatic rings. The van der Waals surface area contributed by atoms with Crippen LogP contribution in [-0.4, -0.2) is 23.2 Å². The second kappa shape index (κ2) is 3.84. The van der Waals surface area contributed by atoms with Gasteiger partial charge in [-0.2, -0.15) is 0 Å². The van der Waals surface area contributed by atoms with E-state index in [0.29, 0.717) is 13.2 Å². The molecule has 2 rings (SSSR count). The van der Waals surface area contributed by atoms with Gasteiger partial charge in [-0.3, -0.25) is 10.1 Å². The minimum absolute atomic E-state index is 0.0466. The molecule has 15 heavy (non-hydrogen) atoms. The first-order chi connectivity index (χ1) is 7.18. The van der Waals surface area contributed by atoms with E-state index in [-0.39, 0.29) is 17.0 Å². The molecule has 1 fully saturated rings. The monoisotopic (exact) mass is 211 g/mol. The molecular weight excluding hydrogens is 202 g/mol. The number of hydrogen-bond donors (Lipinski definition) is 1. The maximum absolute atomic E-state index is 10.7. The van der Waals surface area contributed by atoms with Gasteiger partial charge in [0.05, 0.1) is 23.7 Å². The third-order valence-corrected chi connectivity index (χ3v) is 2.08. The van der Waals surface area contributed by atoms with Crippen molar-refractivity contribution < 1.29 is 19.5 Å². The normalized spacial score (nSPS) is 16.8. The molecule has 0 amide bonds. The smallest absolute Gasteiger partial charge is 0.277 e. The molecule has 1 aliphatic rings. The van der Waals surface area contributed by atoms with Crippen LogP contribution in [0, 0.1) is 10.1 Å². The van der Waals surface area contributed by atoms with E-state index in [1.165, 1.54) is 18.2 Å². The minimum Gasteiger partial charge on any atom is -0.508 e. The maximum atomic E-state index is 10.7. The molecular formula is C9H9NO5. The molecule has 1 aromatic carbocycles. The van der Waals surface area contributed by atoms with Gasteiger partial charge in [-0.05, 0) is 12.1 Å². The number of ether oxygens (including phenoxy) is 2. The first-order valence-corrected chi connectivity index (χ1v) is 4.39. The number of nitro groups is 1. The minimum atomic E-state index is -0.752. The molecule has 1 heterocycles. The molecule has 0 aromatic heterocycles. The molecule has 0 saturated carbocycles. The Bertz CT molecular complexity index is 386. The van der Waals surface area contributed by atoms with E-state index in [1.54, 1.807) is 0 Å². The average molecular weight is 211 g/mol. The summed E-state index contributed by atoms with van der Waals surface area (Å²) in [5.74, 6) is -0.0466. The maximum Gasteiger partial charge on any atom is 0.277 e. The Balaban J connectivity index is 2.41. The van der Waals surface area contributed by atoms with Crippen LogP contribution in [0.3, 0.4) is 0 Å². The summed E-state index contributed by atoms with van der Waals surface area (Å²) in [7, 11) is 0. The van der Waals surface area contributed by atoms with Crippen molar-refractivity contribution in [3.63, 3.8) is 0 Å². The van der Waals surface area contributed by atoms with Crippen LogP contribution < -0.4 is 0 Å². The van der Waals surface area contributed by atoms with Gasteiger partial charge in [-0.1, -0.05) is 0 Å². The molecule has 6 heteroatoms. The van der Waals surface area contributed by atoms with Crippen molar-refractivity contribution in [2.75, 3.05) is 13.2 Å². The summed E-state index contributed by atoms with van der Waals surface area (Å²) in [4.78, 5) is 10.2. The molecule has 0 radical (unpaired) electrons. The summed E-state index contributed by atoms with van der Waals surface area (Å²) in [5, 5.41) is 19.9. The van der Waals surface area contributed by atoms with Crippen LogP contribution in [0.15, 0.2) is 18.2 Å². The van der Waals surface area contributed by atoms with E-state index in [0.717, 1.165) is 0 Å². The highest BCUT2D eigenvalue weighted by atomic mass is 16.7. The highest BCUT2D eigenvalue weighted by Crippen LogP contribution is 2.33. The number of hydrogen-bond acceptors (Lipinski definition) is 5. The molecule has 80 valence electrons. The van der Waals surface area contributed by atoms with Gasteiger partial charge in [0.1, 0.15) is 5.75 Å². The van der Waals surface area contributed by atoms with E-state index in [4.69, 9.17) is 9.47 Å². The molecule has 0 unspecified atom stereocenters. The second-order valence-electron chi connectivity index (χ2n) is 3.07. The van der Waals surface area contributed by atoms with Gasteiger partial charge in [0.2, 0.25) is 0 Å². The lowest BCUT2D eigenvalue weighted by Gasteiger charge is -2.09. The molecule has 0 bridgehead atoms. The van der Waals surface area contributed by atoms with Crippen molar-refractivity contribution in [2.24, 2.45) is 0 Å². The predicted octanol–water partition coefficient (Wildman–Crippen LogP) is 1.35. The summed E-state index contributed by atoms with van der Waals surface area (Å²) in [5.41, 5.74) is 0.136. The highest BCUT2D eigenvalue weighted by Gasteiger charge is 2.27. The van der Waals surface area contributed by atoms with Crippen LogP contribution in [0.2, 0.25) is 0 Å². The van der Waals surface area contributed by atoms with Crippen LogP contribution in [0.1, 0.15) is 11.9 Å². The third-order valence-electron chi connectivity index (χ3n) is 2.08. The lowest BCUT2D eigenvalue weighted by atomic mass is 10.1. The Morgan fingerprint density at radius 3 is 2.67 bits per heavy atom. The van der Waals surface area contributed by atoms with Crippen molar-refractivity contribution >= 4 is 5.69 Å². The van der Waals surface area contributed by atoms with Crippen LogP contribution in [0.25, 0.3) is 0 Å². The number of rotatable bonds is 2. The van der Waals surface area contributed by atoms with Gasteiger partial charge in [0.25, 0.3) is 5.69 Å². The topological polar surface area (TPSA) is 81.8 Å². The predicted molar refractivity (Wildman–Crippen MR) is 49.4 cm³/mol. The summed E-state index contributed by atoms with van der Waals surface area (Å²) in [6, 6.07) is 3.78. The number of nitro benzene ring substituents is 1. The van der Waals surface area contributed by atoms with Crippen molar-refractivity contribution in [1.29, 1.82) is 0 Å². The van der Waals surface area contributed by atoms with Crippen molar-refractivity contribution in [3.8, 4) is 5.75 Å². The number of phenols is 1. The van der Waals surface area contributed by atoms with Crippen molar-refractivity contribution in [1.82, 2.24) is 0 Å². The molecule has 1 aliphatic heterocycles. The summed E-state index contributed by atoms with van der Waals surface area (Å²) in [6.07, 6.45) is -0.752. The fourth-order valence-corrected chi connectivity index (χ4v) is 1.43. The van der Waals surface area contributed by atoms with E-state index >= 15 is 0 Å². The van der Waals surface area contributed by atoms with Gasteiger partial charge < -0.3 is 14.6 Å². The molecule has 6 nitrogen and oxygen atoms in total.